The maximum absolute atomic E-state index is 8.96. The van der Waals surface area contributed by atoms with Crippen molar-refractivity contribution in [2.24, 2.45) is 5.92 Å². The van der Waals surface area contributed by atoms with Crippen LogP contribution >= 0.6 is 0 Å². The minimum atomic E-state index is 0.218. The van der Waals surface area contributed by atoms with Gasteiger partial charge in [-0.05, 0) is 12.0 Å². The first kappa shape index (κ1) is 7.07. The molecule has 1 fully saturated rings. The predicted octanol–water partition coefficient (Wildman–Crippen LogP) is 0.880. The Balaban J connectivity index is 2.19. The molecule has 60 valence electrons. The maximum atomic E-state index is 8.96. The van der Waals surface area contributed by atoms with Crippen molar-refractivity contribution < 1.29 is 9.84 Å². The molecule has 1 heterocycles. The van der Waals surface area contributed by atoms with Crippen LogP contribution in [0.1, 0.15) is 6.42 Å². The molecule has 0 bridgehead atoms. The largest absolute Gasteiger partial charge is 0.396 e. The molecule has 11 heavy (non-hydrogen) atoms. The van der Waals surface area contributed by atoms with Gasteiger partial charge in [-0.15, -0.1) is 0 Å². The van der Waals surface area contributed by atoms with Crippen molar-refractivity contribution in [1.82, 2.24) is 0 Å². The van der Waals surface area contributed by atoms with Gasteiger partial charge in [0.25, 0.3) is 0 Å². The summed E-state index contributed by atoms with van der Waals surface area (Å²) in [6.07, 6.45) is 7.46. The second-order valence-electron chi connectivity index (χ2n) is 3.03. The van der Waals surface area contributed by atoms with Crippen LogP contribution in [-0.4, -0.2) is 24.4 Å². The van der Waals surface area contributed by atoms with E-state index in [4.69, 9.17) is 9.84 Å². The van der Waals surface area contributed by atoms with E-state index in [0.29, 0.717) is 6.61 Å². The molecule has 1 N–H and O–H groups in total. The normalized spacial score (nSPS) is 35.2. The van der Waals surface area contributed by atoms with E-state index in [-0.39, 0.29) is 18.6 Å². The van der Waals surface area contributed by atoms with Crippen molar-refractivity contribution in [3.05, 3.63) is 23.8 Å². The van der Waals surface area contributed by atoms with Gasteiger partial charge in [0.1, 0.15) is 0 Å². The molecule has 0 aromatic rings. The third kappa shape index (κ3) is 1.12. The molecule has 0 spiro atoms. The van der Waals surface area contributed by atoms with Crippen LogP contribution in [0.4, 0.5) is 0 Å². The lowest BCUT2D eigenvalue weighted by Gasteiger charge is -2.13. The van der Waals surface area contributed by atoms with E-state index in [9.17, 15) is 0 Å². The lowest BCUT2D eigenvalue weighted by atomic mass is 9.94. The van der Waals surface area contributed by atoms with Gasteiger partial charge in [0, 0.05) is 5.92 Å². The van der Waals surface area contributed by atoms with Crippen LogP contribution in [0.15, 0.2) is 23.8 Å². The fourth-order valence-corrected chi connectivity index (χ4v) is 1.67. The molecule has 2 unspecified atom stereocenters. The molecule has 0 amide bonds. The van der Waals surface area contributed by atoms with Crippen molar-refractivity contribution >= 4 is 0 Å². The molecular formula is C9H12O2. The van der Waals surface area contributed by atoms with Crippen LogP contribution in [0, 0.1) is 5.92 Å². The minimum Gasteiger partial charge on any atom is -0.396 e. The summed E-state index contributed by atoms with van der Waals surface area (Å²) in [4.78, 5) is 0. The van der Waals surface area contributed by atoms with Gasteiger partial charge in [0.05, 0.1) is 19.3 Å². The number of allylic oxidation sites excluding steroid dienone is 2. The minimum absolute atomic E-state index is 0.218. The van der Waals surface area contributed by atoms with E-state index in [2.05, 4.69) is 12.2 Å². The zero-order valence-electron chi connectivity index (χ0n) is 6.36. The second kappa shape index (κ2) is 2.80. The molecule has 2 nitrogen and oxygen atoms in total. The Labute approximate surface area is 66.2 Å². The van der Waals surface area contributed by atoms with E-state index >= 15 is 0 Å². The molecule has 1 saturated heterocycles. The molecule has 2 rings (SSSR count). The third-order valence-corrected chi connectivity index (χ3v) is 2.34. The van der Waals surface area contributed by atoms with Crippen LogP contribution in [0.3, 0.4) is 0 Å². The Hall–Kier alpha value is -0.600. The molecule has 1 aliphatic carbocycles. The summed E-state index contributed by atoms with van der Waals surface area (Å²) >= 11 is 0. The topological polar surface area (TPSA) is 29.5 Å². The third-order valence-electron chi connectivity index (χ3n) is 2.34. The molecule has 0 saturated carbocycles. The van der Waals surface area contributed by atoms with Crippen LogP contribution in [0.2, 0.25) is 0 Å². The molecule has 2 heteroatoms. The average Bonchev–Trinajstić information content (AvgIpc) is 2.47. The lowest BCUT2D eigenvalue weighted by molar-refractivity contribution is 0.107. The van der Waals surface area contributed by atoms with E-state index in [1.807, 2.05) is 6.08 Å². The fourth-order valence-electron chi connectivity index (χ4n) is 1.67. The first-order valence-electron chi connectivity index (χ1n) is 4.01. The van der Waals surface area contributed by atoms with Crippen LogP contribution in [-0.2, 0) is 4.74 Å². The van der Waals surface area contributed by atoms with Gasteiger partial charge < -0.3 is 9.84 Å². The molecule has 2 atom stereocenters. The van der Waals surface area contributed by atoms with Crippen molar-refractivity contribution in [3.8, 4) is 0 Å². The number of rotatable bonds is 1. The van der Waals surface area contributed by atoms with Crippen LogP contribution in [0.5, 0.6) is 0 Å². The zero-order valence-corrected chi connectivity index (χ0v) is 6.36. The van der Waals surface area contributed by atoms with Gasteiger partial charge in [-0.25, -0.2) is 0 Å². The van der Waals surface area contributed by atoms with E-state index in [1.54, 1.807) is 0 Å². The van der Waals surface area contributed by atoms with Crippen molar-refractivity contribution in [2.45, 2.75) is 12.5 Å². The predicted molar refractivity (Wildman–Crippen MR) is 42.2 cm³/mol. The Bertz CT molecular complexity index is 206. The first-order chi connectivity index (χ1) is 5.42. The Morgan fingerprint density at radius 1 is 1.64 bits per heavy atom. The Morgan fingerprint density at radius 2 is 2.55 bits per heavy atom. The summed E-state index contributed by atoms with van der Waals surface area (Å²) in [5, 5.41) is 8.96. The summed E-state index contributed by atoms with van der Waals surface area (Å²) in [6, 6.07) is 0. The molecule has 0 aromatic heterocycles. The smallest absolute Gasteiger partial charge is 0.0827 e. The summed E-state index contributed by atoms with van der Waals surface area (Å²) in [6.45, 7) is 0.908. The van der Waals surface area contributed by atoms with Crippen LogP contribution in [0.25, 0.3) is 0 Å². The monoisotopic (exact) mass is 152 g/mol. The SMILES string of the molecule is OCC1COC2CC=CC=C12. The summed E-state index contributed by atoms with van der Waals surface area (Å²) in [7, 11) is 0. The number of hydrogen-bond donors (Lipinski definition) is 1. The maximum Gasteiger partial charge on any atom is 0.0827 e. The summed E-state index contributed by atoms with van der Waals surface area (Å²) in [5.41, 5.74) is 1.27. The second-order valence-corrected chi connectivity index (χ2v) is 3.03. The quantitative estimate of drug-likeness (QED) is 0.604. The van der Waals surface area contributed by atoms with Gasteiger partial charge in [-0.2, -0.15) is 0 Å². The van der Waals surface area contributed by atoms with E-state index < -0.39 is 0 Å². The first-order valence-corrected chi connectivity index (χ1v) is 4.01. The average molecular weight is 152 g/mol. The number of aliphatic hydroxyl groups excluding tert-OH is 1. The highest BCUT2D eigenvalue weighted by atomic mass is 16.5. The van der Waals surface area contributed by atoms with Gasteiger partial charge >= 0.3 is 0 Å². The highest BCUT2D eigenvalue weighted by Gasteiger charge is 2.30. The highest BCUT2D eigenvalue weighted by Crippen LogP contribution is 2.30. The Kier molecular flexibility index (Phi) is 1.80. The van der Waals surface area contributed by atoms with Gasteiger partial charge in [0.15, 0.2) is 0 Å². The molecular weight excluding hydrogens is 140 g/mol. The Morgan fingerprint density at radius 3 is 3.36 bits per heavy atom. The number of aliphatic hydroxyl groups is 1. The number of hydrogen-bond acceptors (Lipinski definition) is 2. The molecule has 0 radical (unpaired) electrons. The molecule has 0 aromatic carbocycles. The standard InChI is InChI=1S/C9H12O2/c10-5-7-6-11-9-4-2-1-3-8(7)9/h1-3,7,9-10H,4-6H2. The van der Waals surface area contributed by atoms with Crippen LogP contribution < -0.4 is 0 Å². The molecule has 2 aliphatic rings. The number of fused-ring (bicyclic) bond motifs is 1. The van der Waals surface area contributed by atoms with Crippen molar-refractivity contribution in [1.29, 1.82) is 0 Å². The highest BCUT2D eigenvalue weighted by molar-refractivity contribution is 5.27. The number of ether oxygens (including phenoxy) is 1. The van der Waals surface area contributed by atoms with Gasteiger partial charge in [-0.1, -0.05) is 18.2 Å². The van der Waals surface area contributed by atoms with Gasteiger partial charge in [0.2, 0.25) is 0 Å². The lowest BCUT2D eigenvalue weighted by Crippen LogP contribution is -2.12. The van der Waals surface area contributed by atoms with E-state index in [1.165, 1.54) is 5.57 Å². The summed E-state index contributed by atoms with van der Waals surface area (Å²) < 4.78 is 5.48. The van der Waals surface area contributed by atoms with E-state index in [0.717, 1.165) is 6.42 Å². The zero-order chi connectivity index (χ0) is 7.68. The van der Waals surface area contributed by atoms with Gasteiger partial charge in [-0.3, -0.25) is 0 Å². The fraction of sp³-hybridized carbons (Fsp3) is 0.556. The van der Waals surface area contributed by atoms with Crippen molar-refractivity contribution in [2.75, 3.05) is 13.2 Å². The molecule has 1 aliphatic heterocycles. The van der Waals surface area contributed by atoms with Crippen molar-refractivity contribution in [3.63, 3.8) is 0 Å². The summed E-state index contributed by atoms with van der Waals surface area (Å²) in [5.74, 6) is 0.255.